The molecule has 2 saturated carbocycles. The van der Waals surface area contributed by atoms with Gasteiger partial charge in [0.2, 0.25) is 10.0 Å². The molecule has 1 N–H and O–H groups in total. The monoisotopic (exact) mass is 215 g/mol. The molecule has 1 spiro atoms. The van der Waals surface area contributed by atoms with E-state index in [4.69, 9.17) is 0 Å². The first-order valence-corrected chi connectivity index (χ1v) is 7.03. The van der Waals surface area contributed by atoms with Gasteiger partial charge in [0.25, 0.3) is 0 Å². The number of hydrogen-bond acceptors (Lipinski definition) is 2. The van der Waals surface area contributed by atoms with Gasteiger partial charge in [-0.1, -0.05) is 13.8 Å². The highest BCUT2D eigenvalue weighted by Gasteiger charge is 2.68. The Morgan fingerprint density at radius 1 is 1.36 bits per heavy atom. The number of sulfonamides is 1. The van der Waals surface area contributed by atoms with Crippen LogP contribution in [0.4, 0.5) is 0 Å². The molecule has 14 heavy (non-hydrogen) atoms. The zero-order valence-corrected chi connectivity index (χ0v) is 9.52. The highest BCUT2D eigenvalue weighted by atomic mass is 32.2. The molecule has 1 saturated heterocycles. The van der Waals surface area contributed by atoms with Crippen LogP contribution >= 0.6 is 0 Å². The van der Waals surface area contributed by atoms with Crippen LogP contribution < -0.4 is 4.72 Å². The predicted molar refractivity (Wildman–Crippen MR) is 54.3 cm³/mol. The van der Waals surface area contributed by atoms with Crippen molar-refractivity contribution in [2.75, 3.05) is 5.75 Å². The summed E-state index contributed by atoms with van der Waals surface area (Å²) in [6.45, 7) is 4.51. The average Bonchev–Trinajstić information content (AvgIpc) is 2.50. The number of hydrogen-bond donors (Lipinski definition) is 1. The lowest BCUT2D eigenvalue weighted by Gasteiger charge is -2.36. The Kier molecular flexibility index (Phi) is 1.43. The summed E-state index contributed by atoms with van der Waals surface area (Å²) in [5.41, 5.74) is 0.269. The van der Waals surface area contributed by atoms with Gasteiger partial charge in [-0.3, -0.25) is 0 Å². The fraction of sp³-hybridized carbons (Fsp3) is 1.00. The molecular formula is C10H17NO2S. The van der Waals surface area contributed by atoms with Gasteiger partial charge < -0.3 is 0 Å². The van der Waals surface area contributed by atoms with Crippen molar-refractivity contribution >= 4 is 10.0 Å². The van der Waals surface area contributed by atoms with E-state index in [9.17, 15) is 8.42 Å². The van der Waals surface area contributed by atoms with Gasteiger partial charge in [-0.2, -0.15) is 0 Å². The van der Waals surface area contributed by atoms with Gasteiger partial charge >= 0.3 is 0 Å². The molecule has 2 bridgehead atoms. The Bertz CT molecular complexity index is 387. The first-order valence-electron chi connectivity index (χ1n) is 5.37. The van der Waals surface area contributed by atoms with Crippen molar-refractivity contribution in [3.05, 3.63) is 0 Å². The smallest absolute Gasteiger partial charge is 0.212 e. The average molecular weight is 215 g/mol. The lowest BCUT2D eigenvalue weighted by atomic mass is 9.69. The van der Waals surface area contributed by atoms with Gasteiger partial charge in [0, 0.05) is 11.5 Å². The van der Waals surface area contributed by atoms with Crippen molar-refractivity contribution in [1.82, 2.24) is 4.72 Å². The third kappa shape index (κ3) is 0.807. The summed E-state index contributed by atoms with van der Waals surface area (Å²) >= 11 is 0. The number of nitrogens with one attached hydrogen (secondary N) is 1. The van der Waals surface area contributed by atoms with E-state index >= 15 is 0 Å². The number of rotatable bonds is 0. The Hall–Kier alpha value is -0.0900. The van der Waals surface area contributed by atoms with E-state index in [1.807, 2.05) is 0 Å². The summed E-state index contributed by atoms with van der Waals surface area (Å²) < 4.78 is 26.0. The summed E-state index contributed by atoms with van der Waals surface area (Å²) in [5, 5.41) is 0. The first kappa shape index (κ1) is 9.16. The van der Waals surface area contributed by atoms with Gasteiger partial charge in [-0.15, -0.1) is 0 Å². The first-order chi connectivity index (χ1) is 6.37. The van der Waals surface area contributed by atoms with Crippen LogP contribution in [0.1, 0.15) is 33.1 Å². The van der Waals surface area contributed by atoms with Crippen LogP contribution in [0, 0.1) is 16.7 Å². The molecule has 0 aromatic rings. The molecule has 0 aromatic carbocycles. The van der Waals surface area contributed by atoms with Crippen LogP contribution in [-0.4, -0.2) is 20.2 Å². The molecule has 0 aromatic heterocycles. The Morgan fingerprint density at radius 3 is 2.64 bits per heavy atom. The van der Waals surface area contributed by atoms with Crippen molar-refractivity contribution in [3.8, 4) is 0 Å². The fourth-order valence-electron chi connectivity index (χ4n) is 4.18. The third-order valence-electron chi connectivity index (χ3n) is 5.20. The molecule has 1 aliphatic heterocycles. The van der Waals surface area contributed by atoms with Crippen LogP contribution in [0.3, 0.4) is 0 Å². The molecule has 3 fully saturated rings. The molecule has 3 rings (SSSR count). The molecule has 80 valence electrons. The molecular weight excluding hydrogens is 198 g/mol. The minimum atomic E-state index is -2.97. The standard InChI is InChI=1S/C10H17NO2S/c1-9(2)7-3-4-10(9)6-14(12,13)11-8(10)5-7/h7-8,11H,3-6H2,1-2H3/t7-,8-,10?/m1/s1. The second-order valence-electron chi connectivity index (χ2n) is 5.78. The summed E-state index contributed by atoms with van der Waals surface area (Å²) in [4.78, 5) is 0. The van der Waals surface area contributed by atoms with Crippen LogP contribution in [0.2, 0.25) is 0 Å². The summed E-state index contributed by atoms with van der Waals surface area (Å²) in [6, 6.07) is 0.237. The quantitative estimate of drug-likeness (QED) is 0.658. The lowest BCUT2D eigenvalue weighted by molar-refractivity contribution is 0.146. The molecule has 3 nitrogen and oxygen atoms in total. The Labute approximate surface area is 85.3 Å². The zero-order valence-electron chi connectivity index (χ0n) is 8.71. The van der Waals surface area contributed by atoms with Crippen LogP contribution in [0.25, 0.3) is 0 Å². The molecule has 3 atom stereocenters. The SMILES string of the molecule is CC1(C)[C@@H]2CCC13CS(=O)(=O)N[C@@H]3C2. The van der Waals surface area contributed by atoms with Crippen molar-refractivity contribution in [1.29, 1.82) is 0 Å². The van der Waals surface area contributed by atoms with Crippen molar-refractivity contribution in [2.24, 2.45) is 16.7 Å². The lowest BCUT2D eigenvalue weighted by Crippen LogP contribution is -2.39. The third-order valence-corrected chi connectivity index (χ3v) is 6.74. The Balaban J connectivity index is 2.13. The molecule has 0 amide bonds. The highest BCUT2D eigenvalue weighted by molar-refractivity contribution is 7.89. The fourth-order valence-corrected chi connectivity index (χ4v) is 6.42. The summed E-state index contributed by atoms with van der Waals surface area (Å²) in [5.74, 6) is 1.10. The molecule has 1 unspecified atom stereocenters. The normalized spacial score (nSPS) is 52.1. The highest BCUT2D eigenvalue weighted by Crippen LogP contribution is 2.67. The minimum absolute atomic E-state index is 0.0521. The van der Waals surface area contributed by atoms with E-state index in [2.05, 4.69) is 18.6 Å². The maximum absolute atomic E-state index is 11.6. The molecule has 4 heteroatoms. The van der Waals surface area contributed by atoms with Gasteiger partial charge in [-0.25, -0.2) is 13.1 Å². The maximum Gasteiger partial charge on any atom is 0.212 e. The maximum atomic E-state index is 11.6. The van der Waals surface area contributed by atoms with E-state index in [1.54, 1.807) is 0 Å². The second kappa shape index (κ2) is 2.19. The predicted octanol–water partition coefficient (Wildman–Crippen LogP) is 1.11. The van der Waals surface area contributed by atoms with E-state index in [0.717, 1.165) is 18.8 Å². The van der Waals surface area contributed by atoms with Gasteiger partial charge in [-0.05, 0) is 30.6 Å². The van der Waals surface area contributed by atoms with Crippen LogP contribution in [0.15, 0.2) is 0 Å². The summed E-state index contributed by atoms with van der Waals surface area (Å²) in [7, 11) is -2.97. The van der Waals surface area contributed by atoms with E-state index in [1.165, 1.54) is 6.42 Å². The Morgan fingerprint density at radius 2 is 2.07 bits per heavy atom. The van der Waals surface area contributed by atoms with Gasteiger partial charge in [0.1, 0.15) is 0 Å². The molecule has 2 aliphatic carbocycles. The summed E-state index contributed by atoms with van der Waals surface area (Å²) in [6.07, 6.45) is 3.38. The molecule has 3 aliphatic rings. The minimum Gasteiger partial charge on any atom is -0.212 e. The van der Waals surface area contributed by atoms with E-state index in [-0.39, 0.29) is 16.9 Å². The van der Waals surface area contributed by atoms with Gasteiger partial charge in [0.15, 0.2) is 0 Å². The van der Waals surface area contributed by atoms with E-state index in [0.29, 0.717) is 5.75 Å². The zero-order chi connectivity index (χ0) is 10.2. The molecule has 0 radical (unpaired) electrons. The van der Waals surface area contributed by atoms with Gasteiger partial charge in [0.05, 0.1) is 5.75 Å². The van der Waals surface area contributed by atoms with Crippen LogP contribution in [0.5, 0.6) is 0 Å². The van der Waals surface area contributed by atoms with Crippen molar-refractivity contribution in [3.63, 3.8) is 0 Å². The number of fused-ring (bicyclic) bond motifs is 1. The van der Waals surface area contributed by atoms with Crippen LogP contribution in [-0.2, 0) is 10.0 Å². The van der Waals surface area contributed by atoms with Crippen molar-refractivity contribution < 1.29 is 8.42 Å². The van der Waals surface area contributed by atoms with E-state index < -0.39 is 10.0 Å². The van der Waals surface area contributed by atoms with Crippen molar-refractivity contribution in [2.45, 2.75) is 39.2 Å². The topological polar surface area (TPSA) is 46.2 Å². The second-order valence-corrected chi connectivity index (χ2v) is 7.53. The molecule has 1 heterocycles. The largest absolute Gasteiger partial charge is 0.212 e.